The molecule has 3 unspecified atom stereocenters. The minimum absolute atomic E-state index is 0.254. The monoisotopic (exact) mass is 269 g/mol. The number of likely N-dealkylation sites (N-methyl/N-ethyl adjacent to an activating group) is 1. The van der Waals surface area contributed by atoms with Crippen molar-refractivity contribution in [2.24, 2.45) is 17.6 Å². The molecule has 1 heterocycles. The number of rotatable bonds is 5. The Kier molecular flexibility index (Phi) is 4.18. The van der Waals surface area contributed by atoms with Crippen LogP contribution in [0.3, 0.4) is 0 Å². The van der Waals surface area contributed by atoms with Gasteiger partial charge in [-0.1, -0.05) is 6.92 Å². The Morgan fingerprint density at radius 2 is 2.05 bits per heavy atom. The number of hydrogen-bond acceptors (Lipinski definition) is 5. The van der Waals surface area contributed by atoms with E-state index in [1.807, 2.05) is 0 Å². The lowest BCUT2D eigenvalue weighted by Gasteiger charge is -2.31. The first-order valence-electron chi connectivity index (χ1n) is 7.14. The Bertz CT molecular complexity index is 344. The van der Waals surface area contributed by atoms with E-state index >= 15 is 0 Å². The van der Waals surface area contributed by atoms with E-state index in [-0.39, 0.29) is 5.97 Å². The van der Waals surface area contributed by atoms with E-state index in [1.54, 1.807) is 0 Å². The van der Waals surface area contributed by atoms with Crippen LogP contribution in [0.2, 0.25) is 0 Å². The maximum absolute atomic E-state index is 12.0. The normalized spacial score (nSPS) is 31.5. The molecule has 2 fully saturated rings. The summed E-state index contributed by atoms with van der Waals surface area (Å²) >= 11 is 0. The van der Waals surface area contributed by atoms with Crippen molar-refractivity contribution >= 4 is 5.97 Å². The van der Waals surface area contributed by atoms with Crippen molar-refractivity contribution in [3.63, 3.8) is 0 Å². The first-order chi connectivity index (χ1) is 8.88. The number of hydrogen-bond donors (Lipinski definition) is 1. The maximum Gasteiger partial charge on any atom is 0.327 e. The number of likely N-dealkylation sites (tertiary alicyclic amines) is 1. The molecule has 1 aliphatic carbocycles. The van der Waals surface area contributed by atoms with Crippen LogP contribution in [0.25, 0.3) is 0 Å². The zero-order valence-corrected chi connectivity index (χ0v) is 12.6. The van der Waals surface area contributed by atoms with Crippen molar-refractivity contribution in [2.75, 3.05) is 40.8 Å². The topological polar surface area (TPSA) is 58.8 Å². The molecule has 1 saturated carbocycles. The summed E-state index contributed by atoms with van der Waals surface area (Å²) in [6.45, 7) is 4.87. The highest BCUT2D eigenvalue weighted by atomic mass is 16.5. The molecule has 0 aromatic rings. The van der Waals surface area contributed by atoms with Crippen molar-refractivity contribution in [1.82, 2.24) is 9.80 Å². The molecule has 5 nitrogen and oxygen atoms in total. The van der Waals surface area contributed by atoms with Gasteiger partial charge in [0.1, 0.15) is 5.54 Å². The third-order valence-corrected chi connectivity index (χ3v) is 4.67. The van der Waals surface area contributed by atoms with Crippen molar-refractivity contribution in [1.29, 1.82) is 0 Å². The molecule has 2 aliphatic rings. The van der Waals surface area contributed by atoms with Gasteiger partial charge in [0, 0.05) is 25.7 Å². The van der Waals surface area contributed by atoms with E-state index in [0.717, 1.165) is 25.9 Å². The Balaban J connectivity index is 2.01. The Morgan fingerprint density at radius 1 is 1.42 bits per heavy atom. The van der Waals surface area contributed by atoms with Gasteiger partial charge in [-0.3, -0.25) is 9.69 Å². The fourth-order valence-corrected chi connectivity index (χ4v) is 3.37. The van der Waals surface area contributed by atoms with E-state index in [1.165, 1.54) is 7.11 Å². The third kappa shape index (κ3) is 2.93. The van der Waals surface area contributed by atoms with Gasteiger partial charge in [-0.2, -0.15) is 0 Å². The van der Waals surface area contributed by atoms with Crippen LogP contribution < -0.4 is 5.73 Å². The van der Waals surface area contributed by atoms with Crippen LogP contribution in [0.1, 0.15) is 19.8 Å². The zero-order valence-electron chi connectivity index (χ0n) is 12.6. The van der Waals surface area contributed by atoms with Crippen LogP contribution in [0.4, 0.5) is 0 Å². The minimum atomic E-state index is -0.810. The second kappa shape index (κ2) is 5.38. The number of nitrogens with two attached hydrogens (primary N) is 1. The van der Waals surface area contributed by atoms with Gasteiger partial charge in [0.2, 0.25) is 0 Å². The van der Waals surface area contributed by atoms with Crippen molar-refractivity contribution in [3.8, 4) is 0 Å². The molecule has 0 aromatic carbocycles. The molecule has 0 spiro atoms. The SMILES string of the molecule is COC(=O)C(N)(CN1CC(C)C(N(C)C)C1)C1CC1. The summed E-state index contributed by atoms with van der Waals surface area (Å²) in [5, 5.41) is 0. The summed E-state index contributed by atoms with van der Waals surface area (Å²) < 4.78 is 4.93. The Hall–Kier alpha value is -0.650. The van der Waals surface area contributed by atoms with E-state index in [0.29, 0.717) is 24.4 Å². The van der Waals surface area contributed by atoms with E-state index in [2.05, 4.69) is 30.8 Å². The standard InChI is InChI=1S/C14H27N3O2/c1-10-7-17(8-12(10)16(2)3)9-14(15,11-5-6-11)13(18)19-4/h10-12H,5-9,15H2,1-4H3. The summed E-state index contributed by atoms with van der Waals surface area (Å²) in [7, 11) is 5.66. The Morgan fingerprint density at radius 3 is 2.47 bits per heavy atom. The van der Waals surface area contributed by atoms with Crippen LogP contribution in [0, 0.1) is 11.8 Å². The van der Waals surface area contributed by atoms with E-state index in [9.17, 15) is 4.79 Å². The first kappa shape index (κ1) is 14.8. The predicted octanol–water partition coefficient (Wildman–Crippen LogP) is 0.149. The average Bonchev–Trinajstić information content (AvgIpc) is 3.13. The quantitative estimate of drug-likeness (QED) is 0.720. The smallest absolute Gasteiger partial charge is 0.327 e. The summed E-state index contributed by atoms with van der Waals surface area (Å²) in [4.78, 5) is 16.6. The highest BCUT2D eigenvalue weighted by molar-refractivity contribution is 5.81. The second-order valence-electron chi connectivity index (χ2n) is 6.51. The number of nitrogens with zero attached hydrogens (tertiary/aromatic N) is 2. The number of ether oxygens (including phenoxy) is 1. The van der Waals surface area contributed by atoms with Gasteiger partial charge in [-0.05, 0) is 38.8 Å². The second-order valence-corrected chi connectivity index (χ2v) is 6.51. The van der Waals surface area contributed by atoms with Gasteiger partial charge in [-0.25, -0.2) is 0 Å². The molecule has 0 amide bonds. The van der Waals surface area contributed by atoms with Gasteiger partial charge < -0.3 is 15.4 Å². The molecule has 110 valence electrons. The van der Waals surface area contributed by atoms with Crippen LogP contribution in [-0.4, -0.2) is 68.2 Å². The molecule has 0 bridgehead atoms. The highest BCUT2D eigenvalue weighted by Crippen LogP contribution is 2.40. The molecule has 19 heavy (non-hydrogen) atoms. The average molecular weight is 269 g/mol. The van der Waals surface area contributed by atoms with Gasteiger partial charge in [0.05, 0.1) is 7.11 Å². The number of carbonyl (C=O) groups is 1. The summed E-state index contributed by atoms with van der Waals surface area (Å²) in [6, 6.07) is 0.543. The fourth-order valence-electron chi connectivity index (χ4n) is 3.37. The lowest BCUT2D eigenvalue weighted by atomic mass is 9.94. The molecule has 3 atom stereocenters. The number of methoxy groups -OCH3 is 1. The molecule has 0 aromatic heterocycles. The van der Waals surface area contributed by atoms with Gasteiger partial charge >= 0.3 is 5.97 Å². The molecule has 1 aliphatic heterocycles. The van der Waals surface area contributed by atoms with Gasteiger partial charge in [0.15, 0.2) is 0 Å². The lowest BCUT2D eigenvalue weighted by Crippen LogP contribution is -2.58. The summed E-state index contributed by atoms with van der Waals surface area (Å²) in [5.74, 6) is 0.653. The maximum atomic E-state index is 12.0. The molecular formula is C14H27N3O2. The lowest BCUT2D eigenvalue weighted by molar-refractivity contribution is -0.148. The first-order valence-corrected chi connectivity index (χ1v) is 7.14. The molecule has 1 saturated heterocycles. The summed E-state index contributed by atoms with van der Waals surface area (Å²) in [6.07, 6.45) is 2.10. The van der Waals surface area contributed by atoms with Gasteiger partial charge in [0.25, 0.3) is 0 Å². The van der Waals surface area contributed by atoms with Crippen LogP contribution in [-0.2, 0) is 9.53 Å². The van der Waals surface area contributed by atoms with Crippen LogP contribution >= 0.6 is 0 Å². The minimum Gasteiger partial charge on any atom is -0.468 e. The largest absolute Gasteiger partial charge is 0.468 e. The molecule has 5 heteroatoms. The third-order valence-electron chi connectivity index (χ3n) is 4.67. The number of carbonyl (C=O) groups excluding carboxylic acids is 1. The van der Waals surface area contributed by atoms with Crippen molar-refractivity contribution in [3.05, 3.63) is 0 Å². The van der Waals surface area contributed by atoms with Crippen LogP contribution in [0.15, 0.2) is 0 Å². The van der Waals surface area contributed by atoms with Gasteiger partial charge in [-0.15, -0.1) is 0 Å². The van der Waals surface area contributed by atoms with E-state index < -0.39 is 5.54 Å². The number of esters is 1. The molecule has 2 rings (SSSR count). The molecule has 2 N–H and O–H groups in total. The van der Waals surface area contributed by atoms with Crippen molar-refractivity contribution < 1.29 is 9.53 Å². The highest BCUT2D eigenvalue weighted by Gasteiger charge is 2.50. The predicted molar refractivity (Wildman–Crippen MR) is 74.7 cm³/mol. The Labute approximate surface area is 116 Å². The molecule has 0 radical (unpaired) electrons. The van der Waals surface area contributed by atoms with Crippen LogP contribution in [0.5, 0.6) is 0 Å². The van der Waals surface area contributed by atoms with Crippen molar-refractivity contribution in [2.45, 2.75) is 31.3 Å². The summed E-state index contributed by atoms with van der Waals surface area (Å²) in [5.41, 5.74) is 5.56. The fraction of sp³-hybridized carbons (Fsp3) is 0.929. The molecular weight excluding hydrogens is 242 g/mol. The van der Waals surface area contributed by atoms with E-state index in [4.69, 9.17) is 10.5 Å². The zero-order chi connectivity index (χ0) is 14.2.